The monoisotopic (exact) mass is 400 g/mol. The first-order chi connectivity index (χ1) is 12.9. The lowest BCUT2D eigenvalue weighted by Crippen LogP contribution is -2.12. The largest absolute Gasteiger partial charge is 0.147 e. The Morgan fingerprint density at radius 1 is 0.577 bits per heavy atom. The van der Waals surface area contributed by atoms with Crippen molar-refractivity contribution in [3.05, 3.63) is 0 Å². The molecule has 2 heteroatoms. The molecule has 0 bridgehead atoms. The smallest absolute Gasteiger partial charge is 0.0530 e. The van der Waals surface area contributed by atoms with Gasteiger partial charge in [-0.2, -0.15) is 0 Å². The van der Waals surface area contributed by atoms with Crippen LogP contribution in [-0.4, -0.2) is 16.1 Å². The summed E-state index contributed by atoms with van der Waals surface area (Å²) in [6.45, 7) is 4.62. The number of unbranched alkanes of at least 4 members (excludes halogenated alkanes) is 12. The average Bonchev–Trinajstić information content (AvgIpc) is 3.19. The molecule has 0 spiro atoms. The lowest BCUT2D eigenvalue weighted by atomic mass is 10.1. The molecule has 0 atom stereocenters. The zero-order valence-corrected chi connectivity index (χ0v) is 19.7. The Morgan fingerprint density at radius 3 is 1.38 bits per heavy atom. The highest BCUT2D eigenvalue weighted by atomic mass is 32.2. The van der Waals surface area contributed by atoms with Crippen LogP contribution in [0.15, 0.2) is 0 Å². The fourth-order valence-corrected chi connectivity index (χ4v) is 7.32. The maximum atomic E-state index is 2.32. The van der Waals surface area contributed by atoms with Crippen molar-refractivity contribution < 1.29 is 0 Å². The molecule has 1 rings (SSSR count). The molecule has 0 saturated heterocycles. The van der Waals surface area contributed by atoms with Gasteiger partial charge in [0.25, 0.3) is 0 Å². The minimum Gasteiger partial charge on any atom is -0.147 e. The first-order valence-corrected chi connectivity index (χ1v) is 14.2. The summed E-state index contributed by atoms with van der Waals surface area (Å²) in [5.74, 6) is 3.86. The highest BCUT2D eigenvalue weighted by Gasteiger charge is 2.25. The molecule has 156 valence electrons. The molecule has 0 N–H and O–H groups in total. The molecule has 0 heterocycles. The molecular formula is C24H48S2. The normalized spacial score (nSPS) is 15.3. The lowest BCUT2D eigenvalue weighted by Gasteiger charge is -2.22. The van der Waals surface area contributed by atoms with Crippen molar-refractivity contribution in [3.8, 4) is 0 Å². The first kappa shape index (κ1) is 24.7. The molecule has 0 aromatic rings. The van der Waals surface area contributed by atoms with Crippen LogP contribution in [0.3, 0.4) is 0 Å². The molecule has 0 aromatic carbocycles. The van der Waals surface area contributed by atoms with Crippen molar-refractivity contribution in [3.63, 3.8) is 0 Å². The highest BCUT2D eigenvalue weighted by Crippen LogP contribution is 2.40. The van der Waals surface area contributed by atoms with Crippen LogP contribution in [0, 0.1) is 5.92 Å². The van der Waals surface area contributed by atoms with E-state index in [4.69, 9.17) is 0 Å². The van der Waals surface area contributed by atoms with E-state index in [2.05, 4.69) is 37.4 Å². The second-order valence-corrected chi connectivity index (χ2v) is 11.2. The van der Waals surface area contributed by atoms with Crippen LogP contribution in [-0.2, 0) is 0 Å². The summed E-state index contributed by atoms with van der Waals surface area (Å²) < 4.78 is 0.915. The molecule has 0 unspecified atom stereocenters. The van der Waals surface area contributed by atoms with Crippen LogP contribution in [0.2, 0.25) is 0 Å². The Morgan fingerprint density at radius 2 is 0.962 bits per heavy atom. The van der Waals surface area contributed by atoms with E-state index < -0.39 is 0 Å². The minimum absolute atomic E-state index is 0.915. The lowest BCUT2D eigenvalue weighted by molar-refractivity contribution is 0.592. The Balaban J connectivity index is 2.04. The predicted octanol–water partition coefficient (Wildman–Crippen LogP) is 9.47. The molecule has 0 radical (unpaired) electrons. The third-order valence-electron chi connectivity index (χ3n) is 5.84. The van der Waals surface area contributed by atoms with Crippen LogP contribution < -0.4 is 0 Å². The van der Waals surface area contributed by atoms with E-state index in [9.17, 15) is 0 Å². The van der Waals surface area contributed by atoms with Gasteiger partial charge in [-0.25, -0.2) is 0 Å². The summed E-state index contributed by atoms with van der Waals surface area (Å²) in [6, 6.07) is 0. The van der Waals surface area contributed by atoms with E-state index in [1.165, 1.54) is 127 Å². The summed E-state index contributed by atoms with van der Waals surface area (Å²) in [4.78, 5) is 0. The van der Waals surface area contributed by atoms with E-state index in [0.717, 1.165) is 10.5 Å². The fraction of sp³-hybridized carbons (Fsp3) is 1.00. The van der Waals surface area contributed by atoms with Crippen LogP contribution in [0.4, 0.5) is 0 Å². The average molecular weight is 401 g/mol. The molecule has 1 aliphatic rings. The van der Waals surface area contributed by atoms with Crippen LogP contribution in [0.1, 0.15) is 129 Å². The van der Waals surface area contributed by atoms with Crippen molar-refractivity contribution in [1.82, 2.24) is 0 Å². The molecule has 0 aromatic heterocycles. The summed E-state index contributed by atoms with van der Waals surface area (Å²) in [7, 11) is 0. The van der Waals surface area contributed by atoms with E-state index in [0.29, 0.717) is 0 Å². The maximum absolute atomic E-state index is 2.32. The summed E-state index contributed by atoms with van der Waals surface area (Å²) in [6.07, 6.45) is 26.3. The summed E-state index contributed by atoms with van der Waals surface area (Å²) in [5.41, 5.74) is 0. The molecule has 0 nitrogen and oxygen atoms in total. The van der Waals surface area contributed by atoms with Gasteiger partial charge in [0.1, 0.15) is 0 Å². The van der Waals surface area contributed by atoms with Crippen LogP contribution >= 0.6 is 23.5 Å². The van der Waals surface area contributed by atoms with Gasteiger partial charge < -0.3 is 0 Å². The van der Waals surface area contributed by atoms with Crippen molar-refractivity contribution in [2.45, 2.75) is 134 Å². The molecular weight excluding hydrogens is 352 g/mol. The van der Waals surface area contributed by atoms with Gasteiger partial charge in [-0.05, 0) is 43.1 Å². The number of hydrogen-bond acceptors (Lipinski definition) is 2. The SMILES string of the molecule is CCCCCCCCCSC(SCCCCCCCCC)C1CCCC1. The van der Waals surface area contributed by atoms with Crippen molar-refractivity contribution in [2.24, 2.45) is 5.92 Å². The van der Waals surface area contributed by atoms with E-state index in [1.807, 2.05) is 0 Å². The van der Waals surface area contributed by atoms with Gasteiger partial charge in [0.2, 0.25) is 0 Å². The molecule has 1 fully saturated rings. The molecule has 0 aliphatic heterocycles. The second-order valence-electron chi connectivity index (χ2n) is 8.40. The summed E-state index contributed by atoms with van der Waals surface area (Å²) in [5, 5.41) is 0. The molecule has 26 heavy (non-hydrogen) atoms. The Labute approximate surface area is 174 Å². The number of rotatable bonds is 19. The maximum Gasteiger partial charge on any atom is 0.0530 e. The summed E-state index contributed by atoms with van der Waals surface area (Å²) >= 11 is 4.65. The molecule has 1 aliphatic carbocycles. The standard InChI is InChI=1S/C24H48S2/c1-3-5-7-9-11-13-17-21-25-24(23-19-15-16-20-23)26-22-18-14-12-10-8-6-4-2/h23-24H,3-22H2,1-2H3. The zero-order valence-electron chi connectivity index (χ0n) is 18.1. The quantitative estimate of drug-likeness (QED) is 0.156. The third-order valence-corrected chi connectivity index (χ3v) is 9.14. The van der Waals surface area contributed by atoms with Crippen LogP contribution in [0.25, 0.3) is 0 Å². The van der Waals surface area contributed by atoms with Gasteiger partial charge in [-0.15, -0.1) is 23.5 Å². The van der Waals surface area contributed by atoms with Gasteiger partial charge in [-0.1, -0.05) is 104 Å². The van der Waals surface area contributed by atoms with Gasteiger partial charge in [-0.3, -0.25) is 0 Å². The zero-order chi connectivity index (χ0) is 18.7. The fourth-order valence-electron chi connectivity index (χ4n) is 4.07. The Bertz CT molecular complexity index is 253. The molecule has 1 saturated carbocycles. The Hall–Kier alpha value is 0.700. The van der Waals surface area contributed by atoms with Crippen LogP contribution in [0.5, 0.6) is 0 Å². The third kappa shape index (κ3) is 13.8. The predicted molar refractivity (Wildman–Crippen MR) is 127 cm³/mol. The highest BCUT2D eigenvalue weighted by molar-refractivity contribution is 8.17. The van der Waals surface area contributed by atoms with E-state index in [-0.39, 0.29) is 0 Å². The van der Waals surface area contributed by atoms with Crippen molar-refractivity contribution in [1.29, 1.82) is 0 Å². The van der Waals surface area contributed by atoms with Gasteiger partial charge in [0.05, 0.1) is 4.58 Å². The Kier molecular flexibility index (Phi) is 18.1. The number of hydrogen-bond donors (Lipinski definition) is 0. The van der Waals surface area contributed by atoms with Crippen molar-refractivity contribution in [2.75, 3.05) is 11.5 Å². The van der Waals surface area contributed by atoms with Gasteiger partial charge in [0.15, 0.2) is 0 Å². The minimum atomic E-state index is 0.915. The van der Waals surface area contributed by atoms with Crippen molar-refractivity contribution >= 4 is 23.5 Å². The topological polar surface area (TPSA) is 0 Å². The van der Waals surface area contributed by atoms with E-state index in [1.54, 1.807) is 0 Å². The second kappa shape index (κ2) is 19.0. The van der Waals surface area contributed by atoms with E-state index >= 15 is 0 Å². The number of thioether (sulfide) groups is 2. The first-order valence-electron chi connectivity index (χ1n) is 12.1. The molecule has 0 amide bonds. The van der Waals surface area contributed by atoms with Gasteiger partial charge in [0, 0.05) is 0 Å². The van der Waals surface area contributed by atoms with Gasteiger partial charge >= 0.3 is 0 Å².